The third kappa shape index (κ3) is 5.48. The van der Waals surface area contributed by atoms with Gasteiger partial charge in [-0.25, -0.2) is 21.8 Å². The number of nitrogens with zero attached hydrogens (tertiary/aromatic N) is 3. The number of fused-ring (bicyclic) bond motifs is 1. The van der Waals surface area contributed by atoms with Gasteiger partial charge in [0.25, 0.3) is 0 Å². The van der Waals surface area contributed by atoms with Crippen molar-refractivity contribution in [3.63, 3.8) is 0 Å². The van der Waals surface area contributed by atoms with Gasteiger partial charge in [0.1, 0.15) is 11.3 Å². The number of carbonyl (C=O) groups excluding carboxylic acids is 1. The number of sulfone groups is 2. The molecule has 3 rings (SSSR count). The molecule has 0 spiro atoms. The van der Waals surface area contributed by atoms with Crippen LogP contribution in [0.1, 0.15) is 0 Å². The Labute approximate surface area is 186 Å². The molecule has 11 heteroatoms. The predicted octanol–water partition coefficient (Wildman–Crippen LogP) is 2.07. The van der Waals surface area contributed by atoms with Gasteiger partial charge >= 0.3 is 0 Å². The van der Waals surface area contributed by atoms with Crippen LogP contribution in [0.25, 0.3) is 10.2 Å². The Morgan fingerprint density at radius 2 is 1.65 bits per heavy atom. The zero-order valence-electron chi connectivity index (χ0n) is 17.3. The summed E-state index contributed by atoms with van der Waals surface area (Å²) in [6.45, 7) is 0.691. The molecule has 0 N–H and O–H groups in total. The van der Waals surface area contributed by atoms with E-state index in [1.807, 2.05) is 19.0 Å². The number of amides is 1. The number of para-hydroxylation sites is 1. The molecule has 31 heavy (non-hydrogen) atoms. The van der Waals surface area contributed by atoms with Crippen LogP contribution in [0.2, 0.25) is 0 Å². The summed E-state index contributed by atoms with van der Waals surface area (Å²) >= 11 is 1.15. The molecule has 0 unspecified atom stereocenters. The summed E-state index contributed by atoms with van der Waals surface area (Å²) in [7, 11) is -3.68. The van der Waals surface area contributed by atoms with Crippen LogP contribution in [-0.2, 0) is 24.5 Å². The van der Waals surface area contributed by atoms with Crippen molar-refractivity contribution in [1.29, 1.82) is 0 Å². The monoisotopic (exact) mass is 481 g/mol. The van der Waals surface area contributed by atoms with E-state index in [0.717, 1.165) is 17.6 Å². The lowest BCUT2D eigenvalue weighted by Crippen LogP contribution is -2.40. The van der Waals surface area contributed by atoms with E-state index >= 15 is 0 Å². The molecule has 0 aliphatic heterocycles. The lowest BCUT2D eigenvalue weighted by Gasteiger charge is -2.22. The number of likely N-dealkylation sites (N-methyl/N-ethyl adjacent to an activating group) is 1. The number of thiazole rings is 1. The minimum absolute atomic E-state index is 0.0690. The maximum Gasteiger partial charge on any atom is 0.244 e. The summed E-state index contributed by atoms with van der Waals surface area (Å²) in [6, 6.07) is 12.6. The second-order valence-corrected chi connectivity index (χ2v) is 12.3. The standard InChI is InChI=1S/C20H23N3O5S3/c1-22(2)12-13-23(18(24)14-31(27,28)15-8-5-4-6-9-15)20-21-19-16(29-20)10-7-11-17(19)30(3,25)26/h4-11H,12-14H2,1-3H3. The van der Waals surface area contributed by atoms with Crippen LogP contribution in [0.4, 0.5) is 5.13 Å². The molecule has 0 radical (unpaired) electrons. The first-order chi connectivity index (χ1) is 14.5. The minimum atomic E-state index is -3.84. The highest BCUT2D eigenvalue weighted by molar-refractivity contribution is 7.92. The Morgan fingerprint density at radius 1 is 0.968 bits per heavy atom. The number of rotatable bonds is 8. The first-order valence-electron chi connectivity index (χ1n) is 9.31. The van der Waals surface area contributed by atoms with Crippen LogP contribution in [0.3, 0.4) is 0 Å². The highest BCUT2D eigenvalue weighted by atomic mass is 32.2. The van der Waals surface area contributed by atoms with Crippen LogP contribution in [-0.4, -0.2) is 71.8 Å². The van der Waals surface area contributed by atoms with Crippen molar-refractivity contribution in [3.05, 3.63) is 48.5 Å². The Hall–Kier alpha value is -2.34. The van der Waals surface area contributed by atoms with Crippen molar-refractivity contribution in [3.8, 4) is 0 Å². The van der Waals surface area contributed by atoms with E-state index < -0.39 is 31.3 Å². The molecule has 0 saturated carbocycles. The first-order valence-corrected chi connectivity index (χ1v) is 13.7. The van der Waals surface area contributed by atoms with E-state index in [1.54, 1.807) is 30.3 Å². The van der Waals surface area contributed by atoms with Gasteiger partial charge in [-0.15, -0.1) is 0 Å². The van der Waals surface area contributed by atoms with Crippen molar-refractivity contribution < 1.29 is 21.6 Å². The smallest absolute Gasteiger partial charge is 0.244 e. The van der Waals surface area contributed by atoms with Gasteiger partial charge in [-0.1, -0.05) is 35.6 Å². The van der Waals surface area contributed by atoms with E-state index in [1.165, 1.54) is 23.1 Å². The maximum absolute atomic E-state index is 13.1. The molecule has 0 atom stereocenters. The Morgan fingerprint density at radius 3 is 2.26 bits per heavy atom. The van der Waals surface area contributed by atoms with Crippen LogP contribution >= 0.6 is 11.3 Å². The average Bonchev–Trinajstić information content (AvgIpc) is 3.11. The van der Waals surface area contributed by atoms with Crippen molar-refractivity contribution in [2.24, 2.45) is 0 Å². The van der Waals surface area contributed by atoms with Crippen LogP contribution in [0.5, 0.6) is 0 Å². The molecule has 166 valence electrons. The highest BCUT2D eigenvalue weighted by Gasteiger charge is 2.27. The summed E-state index contributed by atoms with van der Waals surface area (Å²) < 4.78 is 50.3. The van der Waals surface area contributed by atoms with Crippen LogP contribution in [0, 0.1) is 0 Å². The summed E-state index contributed by atoms with van der Waals surface area (Å²) in [5.74, 6) is -1.33. The van der Waals surface area contributed by atoms with E-state index in [9.17, 15) is 21.6 Å². The van der Waals surface area contributed by atoms with Gasteiger partial charge in [0.2, 0.25) is 5.91 Å². The molecule has 1 aromatic heterocycles. The first kappa shape index (κ1) is 23.3. The van der Waals surface area contributed by atoms with Crippen molar-refractivity contribution in [2.45, 2.75) is 9.79 Å². The zero-order valence-corrected chi connectivity index (χ0v) is 19.8. The quantitative estimate of drug-likeness (QED) is 0.485. The second kappa shape index (κ2) is 9.03. The molecular weight excluding hydrogens is 458 g/mol. The zero-order chi connectivity index (χ0) is 22.8. The number of hydrogen-bond donors (Lipinski definition) is 0. The van der Waals surface area contributed by atoms with Gasteiger partial charge in [-0.05, 0) is 38.4 Å². The fraction of sp³-hybridized carbons (Fsp3) is 0.300. The summed E-state index contributed by atoms with van der Waals surface area (Å²) in [6.07, 6.45) is 1.10. The van der Waals surface area contributed by atoms with Crippen LogP contribution < -0.4 is 4.90 Å². The number of carbonyl (C=O) groups is 1. The molecule has 0 bridgehead atoms. The van der Waals surface area contributed by atoms with Gasteiger partial charge in [-0.2, -0.15) is 0 Å². The summed E-state index contributed by atoms with van der Waals surface area (Å²) in [4.78, 5) is 20.8. The van der Waals surface area contributed by atoms with Crippen molar-refractivity contribution in [1.82, 2.24) is 9.88 Å². The topological polar surface area (TPSA) is 105 Å². The van der Waals surface area contributed by atoms with Gasteiger partial charge in [-0.3, -0.25) is 9.69 Å². The molecular formula is C20H23N3O5S3. The molecule has 1 amide bonds. The number of aromatic nitrogens is 1. The summed E-state index contributed by atoms with van der Waals surface area (Å²) in [5.41, 5.74) is 0.276. The van der Waals surface area contributed by atoms with E-state index in [2.05, 4.69) is 4.98 Å². The van der Waals surface area contributed by atoms with Crippen molar-refractivity contribution >= 4 is 52.3 Å². The Kier molecular flexibility index (Phi) is 6.79. The molecule has 2 aromatic carbocycles. The van der Waals surface area contributed by atoms with Gasteiger partial charge in [0.15, 0.2) is 24.8 Å². The number of benzene rings is 2. The molecule has 0 aliphatic carbocycles. The largest absolute Gasteiger partial charge is 0.308 e. The number of hydrogen-bond acceptors (Lipinski definition) is 8. The highest BCUT2D eigenvalue weighted by Crippen LogP contribution is 2.33. The normalized spacial score (nSPS) is 12.4. The van der Waals surface area contributed by atoms with E-state index in [0.29, 0.717) is 11.2 Å². The third-order valence-corrected chi connectivity index (χ3v) is 8.28. The van der Waals surface area contributed by atoms with Crippen LogP contribution in [0.15, 0.2) is 58.3 Å². The Bertz CT molecular complexity index is 1300. The van der Waals surface area contributed by atoms with E-state index in [-0.39, 0.29) is 27.0 Å². The van der Waals surface area contributed by atoms with Gasteiger partial charge in [0, 0.05) is 19.3 Å². The minimum Gasteiger partial charge on any atom is -0.308 e. The fourth-order valence-corrected chi connectivity index (χ4v) is 6.06. The molecule has 8 nitrogen and oxygen atoms in total. The average molecular weight is 482 g/mol. The lowest BCUT2D eigenvalue weighted by atomic mass is 10.3. The van der Waals surface area contributed by atoms with Gasteiger partial charge in [0.05, 0.1) is 14.5 Å². The fourth-order valence-electron chi connectivity index (χ4n) is 2.90. The predicted molar refractivity (Wildman–Crippen MR) is 122 cm³/mol. The molecule has 3 aromatic rings. The molecule has 0 saturated heterocycles. The summed E-state index contributed by atoms with van der Waals surface area (Å²) in [5, 5.41) is 0.265. The molecule has 0 fully saturated rings. The lowest BCUT2D eigenvalue weighted by molar-refractivity contribution is -0.116. The van der Waals surface area contributed by atoms with Gasteiger partial charge < -0.3 is 4.90 Å². The second-order valence-electron chi connectivity index (χ2n) is 7.29. The SMILES string of the molecule is CN(C)CCN(C(=O)CS(=O)(=O)c1ccccc1)c1nc2c(S(C)(=O)=O)cccc2s1. The molecule has 1 heterocycles. The van der Waals surface area contributed by atoms with Crippen molar-refractivity contribution in [2.75, 3.05) is 44.1 Å². The Balaban J connectivity index is 2.00. The number of anilines is 1. The van der Waals surface area contributed by atoms with E-state index in [4.69, 9.17) is 0 Å². The third-order valence-electron chi connectivity index (χ3n) is 4.49. The maximum atomic E-state index is 13.1. The molecule has 0 aliphatic rings.